The summed E-state index contributed by atoms with van der Waals surface area (Å²) in [4.78, 5) is 19.8. The Hall–Kier alpha value is -2.96. The van der Waals surface area contributed by atoms with Gasteiger partial charge in [-0.15, -0.1) is 0 Å². The van der Waals surface area contributed by atoms with E-state index in [2.05, 4.69) is 20.4 Å². The molecule has 0 atom stereocenters. The Kier molecular flexibility index (Phi) is 2.77. The van der Waals surface area contributed by atoms with Crippen LogP contribution in [-0.2, 0) is 0 Å². The average Bonchev–Trinajstić information content (AvgIpc) is 3.13. The fourth-order valence-electron chi connectivity index (χ4n) is 1.53. The molecule has 19 heavy (non-hydrogen) atoms. The predicted octanol–water partition coefficient (Wildman–Crippen LogP) is 1.51. The van der Waals surface area contributed by atoms with Crippen molar-refractivity contribution in [1.82, 2.24) is 19.7 Å². The molecule has 0 radical (unpaired) electrons. The molecule has 0 unspecified atom stereocenters. The Labute approximate surface area is 107 Å². The van der Waals surface area contributed by atoms with Gasteiger partial charge in [0.15, 0.2) is 11.6 Å². The predicted molar refractivity (Wildman–Crippen MR) is 65.8 cm³/mol. The van der Waals surface area contributed by atoms with Crippen LogP contribution in [-0.4, -0.2) is 25.7 Å². The lowest BCUT2D eigenvalue weighted by Gasteiger charge is -2.04. The van der Waals surface area contributed by atoms with Crippen LogP contribution < -0.4 is 5.32 Å². The van der Waals surface area contributed by atoms with Crippen molar-refractivity contribution in [2.75, 3.05) is 5.32 Å². The molecule has 0 spiro atoms. The normalized spacial score (nSPS) is 10.3. The number of hydrogen-bond donors (Lipinski definition) is 1. The van der Waals surface area contributed by atoms with E-state index in [1.807, 2.05) is 0 Å². The first-order valence-corrected chi connectivity index (χ1v) is 5.50. The quantitative estimate of drug-likeness (QED) is 0.766. The van der Waals surface area contributed by atoms with Gasteiger partial charge in [-0.1, -0.05) is 0 Å². The smallest absolute Gasteiger partial charge is 0.292 e. The van der Waals surface area contributed by atoms with E-state index >= 15 is 0 Å². The number of carbonyl (C=O) groups is 1. The van der Waals surface area contributed by atoms with Gasteiger partial charge in [-0.05, 0) is 18.2 Å². The fourth-order valence-corrected chi connectivity index (χ4v) is 1.53. The Balaban J connectivity index is 1.82. The van der Waals surface area contributed by atoms with Gasteiger partial charge in [-0.2, -0.15) is 5.10 Å². The number of furan rings is 1. The van der Waals surface area contributed by atoms with Crippen LogP contribution in [0.4, 0.5) is 5.82 Å². The van der Waals surface area contributed by atoms with Gasteiger partial charge in [-0.3, -0.25) is 4.79 Å². The van der Waals surface area contributed by atoms with E-state index in [1.165, 1.54) is 12.6 Å². The molecule has 3 heterocycles. The number of amides is 1. The highest BCUT2D eigenvalue weighted by Gasteiger charge is 2.10. The summed E-state index contributed by atoms with van der Waals surface area (Å²) in [5.41, 5.74) is 0. The molecular formula is C12H9N5O2. The summed E-state index contributed by atoms with van der Waals surface area (Å²) in [5.74, 6) is 0.797. The van der Waals surface area contributed by atoms with E-state index in [4.69, 9.17) is 4.42 Å². The van der Waals surface area contributed by atoms with Gasteiger partial charge in [0.05, 0.1) is 6.26 Å². The number of carbonyl (C=O) groups excluding carboxylic acids is 1. The van der Waals surface area contributed by atoms with Crippen molar-refractivity contribution in [3.05, 3.63) is 55.0 Å². The summed E-state index contributed by atoms with van der Waals surface area (Å²) in [5, 5.41) is 6.67. The maximum atomic E-state index is 11.8. The van der Waals surface area contributed by atoms with Crippen LogP contribution in [0.15, 0.2) is 53.7 Å². The number of aromatic nitrogens is 4. The summed E-state index contributed by atoms with van der Waals surface area (Å²) in [6.07, 6.45) is 6.18. The molecule has 0 saturated carbocycles. The van der Waals surface area contributed by atoms with Crippen molar-refractivity contribution in [1.29, 1.82) is 0 Å². The highest BCUT2D eigenvalue weighted by molar-refractivity contribution is 6.01. The molecule has 1 N–H and O–H groups in total. The molecule has 0 aliphatic carbocycles. The Morgan fingerprint density at radius 2 is 2.26 bits per heavy atom. The number of anilines is 1. The van der Waals surface area contributed by atoms with Gasteiger partial charge < -0.3 is 9.73 Å². The van der Waals surface area contributed by atoms with Crippen LogP contribution in [0.1, 0.15) is 10.6 Å². The topological polar surface area (TPSA) is 85.8 Å². The zero-order valence-electron chi connectivity index (χ0n) is 9.72. The van der Waals surface area contributed by atoms with Gasteiger partial charge in [-0.25, -0.2) is 14.6 Å². The van der Waals surface area contributed by atoms with Crippen LogP contribution in [0.5, 0.6) is 0 Å². The minimum atomic E-state index is -0.366. The third kappa shape index (κ3) is 2.34. The Morgan fingerprint density at radius 3 is 3.00 bits per heavy atom. The van der Waals surface area contributed by atoms with E-state index in [0.29, 0.717) is 11.6 Å². The lowest BCUT2D eigenvalue weighted by Crippen LogP contribution is -2.12. The average molecular weight is 255 g/mol. The van der Waals surface area contributed by atoms with Crippen LogP contribution in [0, 0.1) is 0 Å². The highest BCUT2D eigenvalue weighted by atomic mass is 16.3. The van der Waals surface area contributed by atoms with Crippen LogP contribution in [0.25, 0.3) is 5.82 Å². The summed E-state index contributed by atoms with van der Waals surface area (Å²) in [6.45, 7) is 0. The minimum absolute atomic E-state index is 0.222. The van der Waals surface area contributed by atoms with Crippen LogP contribution in [0.2, 0.25) is 0 Å². The number of hydrogen-bond acceptors (Lipinski definition) is 5. The molecule has 3 aromatic heterocycles. The molecule has 94 valence electrons. The molecule has 7 nitrogen and oxygen atoms in total. The molecular weight excluding hydrogens is 246 g/mol. The van der Waals surface area contributed by atoms with E-state index < -0.39 is 0 Å². The van der Waals surface area contributed by atoms with E-state index in [1.54, 1.807) is 41.3 Å². The van der Waals surface area contributed by atoms with Gasteiger partial charge in [0.25, 0.3) is 5.91 Å². The first kappa shape index (κ1) is 11.1. The Bertz CT molecular complexity index is 676. The SMILES string of the molecule is O=C(Nc1cc(-n2cccn2)ncn1)c1ccco1. The number of nitrogens with one attached hydrogen (secondary N) is 1. The van der Waals surface area contributed by atoms with Crippen LogP contribution >= 0.6 is 0 Å². The molecule has 3 aromatic rings. The molecule has 0 aliphatic rings. The van der Waals surface area contributed by atoms with Crippen molar-refractivity contribution in [3.63, 3.8) is 0 Å². The van der Waals surface area contributed by atoms with Gasteiger partial charge in [0, 0.05) is 18.5 Å². The van der Waals surface area contributed by atoms with Crippen molar-refractivity contribution in [2.45, 2.75) is 0 Å². The maximum absolute atomic E-state index is 11.8. The summed E-state index contributed by atoms with van der Waals surface area (Å²) in [7, 11) is 0. The summed E-state index contributed by atoms with van der Waals surface area (Å²) in [6, 6.07) is 6.62. The standard InChI is InChI=1S/C12H9N5O2/c18-12(9-3-1-6-19-9)16-10-7-11(14-8-13-10)17-5-2-4-15-17/h1-8H,(H,13,14,16,18). The first-order chi connectivity index (χ1) is 9.33. The van der Waals surface area contributed by atoms with Crippen molar-refractivity contribution < 1.29 is 9.21 Å². The minimum Gasteiger partial charge on any atom is -0.459 e. The summed E-state index contributed by atoms with van der Waals surface area (Å²) < 4.78 is 6.57. The van der Waals surface area contributed by atoms with Gasteiger partial charge in [0.2, 0.25) is 0 Å². The van der Waals surface area contributed by atoms with E-state index in [0.717, 1.165) is 0 Å². The third-order valence-corrected chi connectivity index (χ3v) is 2.38. The van der Waals surface area contributed by atoms with E-state index in [9.17, 15) is 4.79 Å². The highest BCUT2D eigenvalue weighted by Crippen LogP contribution is 2.10. The molecule has 0 fully saturated rings. The van der Waals surface area contributed by atoms with Crippen molar-refractivity contribution in [3.8, 4) is 5.82 Å². The molecule has 0 saturated heterocycles. The van der Waals surface area contributed by atoms with Crippen molar-refractivity contribution in [2.24, 2.45) is 0 Å². The zero-order chi connectivity index (χ0) is 13.1. The second-order valence-corrected chi connectivity index (χ2v) is 3.64. The van der Waals surface area contributed by atoms with Crippen LogP contribution in [0.3, 0.4) is 0 Å². The van der Waals surface area contributed by atoms with Crippen molar-refractivity contribution >= 4 is 11.7 Å². The first-order valence-electron chi connectivity index (χ1n) is 5.50. The lowest BCUT2D eigenvalue weighted by atomic mass is 10.4. The molecule has 7 heteroatoms. The van der Waals surface area contributed by atoms with Gasteiger partial charge >= 0.3 is 0 Å². The molecule has 0 aliphatic heterocycles. The van der Waals surface area contributed by atoms with E-state index in [-0.39, 0.29) is 11.7 Å². The molecule has 0 bridgehead atoms. The fraction of sp³-hybridized carbons (Fsp3) is 0. The second-order valence-electron chi connectivity index (χ2n) is 3.64. The molecule has 3 rings (SSSR count). The second kappa shape index (κ2) is 4.73. The third-order valence-electron chi connectivity index (χ3n) is 2.38. The lowest BCUT2D eigenvalue weighted by molar-refractivity contribution is 0.0996. The zero-order valence-corrected chi connectivity index (χ0v) is 9.72. The maximum Gasteiger partial charge on any atom is 0.292 e. The van der Waals surface area contributed by atoms with Gasteiger partial charge in [0.1, 0.15) is 12.1 Å². The summed E-state index contributed by atoms with van der Waals surface area (Å²) >= 11 is 0. The number of nitrogens with zero attached hydrogens (tertiary/aromatic N) is 4. The molecule has 1 amide bonds. The molecule has 0 aromatic carbocycles. The monoisotopic (exact) mass is 255 g/mol. The number of rotatable bonds is 3. The Morgan fingerprint density at radius 1 is 1.32 bits per heavy atom. The largest absolute Gasteiger partial charge is 0.459 e.